The Morgan fingerprint density at radius 3 is 2.31 bits per heavy atom. The highest BCUT2D eigenvalue weighted by Gasteiger charge is 2.17. The van der Waals surface area contributed by atoms with Gasteiger partial charge in [-0.05, 0) is 32.9 Å². The van der Waals surface area contributed by atoms with Crippen molar-refractivity contribution in [2.45, 2.75) is 26.8 Å². The van der Waals surface area contributed by atoms with Crippen molar-refractivity contribution in [1.29, 1.82) is 0 Å². The molecule has 1 aromatic carbocycles. The number of benzene rings is 1. The molecule has 0 spiro atoms. The van der Waals surface area contributed by atoms with Crippen molar-refractivity contribution < 1.29 is 4.79 Å². The van der Waals surface area contributed by atoms with Gasteiger partial charge in [0.25, 0.3) is 0 Å². The summed E-state index contributed by atoms with van der Waals surface area (Å²) >= 11 is 0. The Hall–Kier alpha value is -1.51. The van der Waals surface area contributed by atoms with E-state index in [-0.39, 0.29) is 11.9 Å². The summed E-state index contributed by atoms with van der Waals surface area (Å²) in [5.74, 6) is 0.147. The molecule has 1 atom stereocenters. The minimum Gasteiger partial charge on any atom is -0.374 e. The second-order valence-corrected chi connectivity index (χ2v) is 3.74. The topological polar surface area (TPSA) is 32.3 Å². The van der Waals surface area contributed by atoms with Crippen LogP contribution in [0.1, 0.15) is 20.8 Å². The van der Waals surface area contributed by atoms with Gasteiger partial charge in [0.15, 0.2) is 0 Å². The minimum absolute atomic E-state index is 0.147. The molecular weight excluding hydrogens is 200 g/mol. The van der Waals surface area contributed by atoms with Gasteiger partial charge in [-0.25, -0.2) is 0 Å². The maximum Gasteiger partial charge on any atom is 0.244 e. The van der Waals surface area contributed by atoms with Crippen molar-refractivity contribution in [3.63, 3.8) is 0 Å². The van der Waals surface area contributed by atoms with E-state index in [1.54, 1.807) is 0 Å². The van der Waals surface area contributed by atoms with Gasteiger partial charge in [0.1, 0.15) is 6.04 Å². The van der Waals surface area contributed by atoms with Crippen LogP contribution >= 0.6 is 0 Å². The summed E-state index contributed by atoms with van der Waals surface area (Å²) in [5.41, 5.74) is 0.982. The lowest BCUT2D eigenvalue weighted by molar-refractivity contribution is -0.131. The van der Waals surface area contributed by atoms with Crippen LogP contribution in [0.4, 0.5) is 5.69 Å². The maximum absolute atomic E-state index is 12.0. The summed E-state index contributed by atoms with van der Waals surface area (Å²) in [6.07, 6.45) is 0. The lowest BCUT2D eigenvalue weighted by Gasteiger charge is -2.24. The monoisotopic (exact) mass is 220 g/mol. The number of carbonyl (C=O) groups excluding carboxylic acids is 1. The van der Waals surface area contributed by atoms with E-state index in [1.165, 1.54) is 0 Å². The van der Waals surface area contributed by atoms with Gasteiger partial charge in [0, 0.05) is 18.8 Å². The summed E-state index contributed by atoms with van der Waals surface area (Å²) in [5, 5.41) is 3.20. The van der Waals surface area contributed by atoms with Crippen LogP contribution in [-0.2, 0) is 4.79 Å². The first-order valence-electron chi connectivity index (χ1n) is 5.79. The predicted octanol–water partition coefficient (Wildman–Crippen LogP) is 2.36. The molecule has 0 aliphatic heterocycles. The SMILES string of the molecule is CCN(CC)C(=O)C(C)Nc1ccccc1. The Morgan fingerprint density at radius 1 is 1.25 bits per heavy atom. The third-order valence-electron chi connectivity index (χ3n) is 2.60. The number of carbonyl (C=O) groups is 1. The van der Waals surface area contributed by atoms with Crippen LogP contribution in [0.5, 0.6) is 0 Å². The highest BCUT2D eigenvalue weighted by Crippen LogP contribution is 2.08. The highest BCUT2D eigenvalue weighted by molar-refractivity contribution is 5.84. The van der Waals surface area contributed by atoms with Gasteiger partial charge in [-0.2, -0.15) is 0 Å². The first kappa shape index (κ1) is 12.6. The summed E-state index contributed by atoms with van der Waals surface area (Å²) in [6, 6.07) is 9.62. The molecule has 1 amide bonds. The Balaban J connectivity index is 2.58. The zero-order valence-corrected chi connectivity index (χ0v) is 10.2. The number of amides is 1. The zero-order valence-electron chi connectivity index (χ0n) is 10.2. The largest absolute Gasteiger partial charge is 0.374 e. The van der Waals surface area contributed by atoms with Crippen LogP contribution < -0.4 is 5.32 Å². The van der Waals surface area contributed by atoms with Crippen LogP contribution in [0.15, 0.2) is 30.3 Å². The van der Waals surface area contributed by atoms with Gasteiger partial charge < -0.3 is 10.2 Å². The molecule has 1 rings (SSSR count). The lowest BCUT2D eigenvalue weighted by Crippen LogP contribution is -2.41. The number of anilines is 1. The summed E-state index contributed by atoms with van der Waals surface area (Å²) in [7, 11) is 0. The van der Waals surface area contributed by atoms with E-state index < -0.39 is 0 Å². The highest BCUT2D eigenvalue weighted by atomic mass is 16.2. The Labute approximate surface area is 97.5 Å². The van der Waals surface area contributed by atoms with Gasteiger partial charge >= 0.3 is 0 Å². The summed E-state index contributed by atoms with van der Waals surface area (Å²) in [4.78, 5) is 13.8. The molecule has 0 radical (unpaired) electrons. The normalized spacial score (nSPS) is 11.9. The van der Waals surface area contributed by atoms with Crippen molar-refractivity contribution in [2.24, 2.45) is 0 Å². The van der Waals surface area contributed by atoms with E-state index in [4.69, 9.17) is 0 Å². The maximum atomic E-state index is 12.0. The molecule has 0 bridgehead atoms. The average molecular weight is 220 g/mol. The van der Waals surface area contributed by atoms with Crippen LogP contribution in [0.25, 0.3) is 0 Å². The Bertz CT molecular complexity index is 320. The van der Waals surface area contributed by atoms with Crippen LogP contribution in [0.3, 0.4) is 0 Å². The Kier molecular flexibility index (Phi) is 4.83. The third kappa shape index (κ3) is 3.26. The standard InChI is InChI=1S/C13H20N2O/c1-4-15(5-2)13(16)11(3)14-12-9-7-6-8-10-12/h6-11,14H,4-5H2,1-3H3. The molecule has 1 aromatic rings. The number of nitrogens with zero attached hydrogens (tertiary/aromatic N) is 1. The number of para-hydroxylation sites is 1. The molecule has 3 nitrogen and oxygen atoms in total. The minimum atomic E-state index is -0.178. The van der Waals surface area contributed by atoms with Crippen molar-refractivity contribution >= 4 is 11.6 Å². The molecule has 0 heterocycles. The number of likely N-dealkylation sites (N-methyl/N-ethyl adjacent to an activating group) is 1. The van der Waals surface area contributed by atoms with E-state index in [2.05, 4.69) is 5.32 Å². The molecule has 3 heteroatoms. The number of nitrogens with one attached hydrogen (secondary N) is 1. The van der Waals surface area contributed by atoms with Crippen molar-refractivity contribution in [3.8, 4) is 0 Å². The van der Waals surface area contributed by atoms with Crippen molar-refractivity contribution in [3.05, 3.63) is 30.3 Å². The smallest absolute Gasteiger partial charge is 0.244 e. The third-order valence-corrected chi connectivity index (χ3v) is 2.60. The molecule has 0 saturated carbocycles. The number of rotatable bonds is 5. The second-order valence-electron chi connectivity index (χ2n) is 3.74. The fourth-order valence-electron chi connectivity index (χ4n) is 1.66. The second kappa shape index (κ2) is 6.16. The van der Waals surface area contributed by atoms with E-state index >= 15 is 0 Å². The molecule has 88 valence electrons. The van der Waals surface area contributed by atoms with Gasteiger partial charge in [0.2, 0.25) is 5.91 Å². The zero-order chi connectivity index (χ0) is 12.0. The number of hydrogen-bond donors (Lipinski definition) is 1. The van der Waals surface area contributed by atoms with Gasteiger partial charge in [-0.15, -0.1) is 0 Å². The van der Waals surface area contributed by atoms with Crippen molar-refractivity contribution in [2.75, 3.05) is 18.4 Å². The molecule has 0 fully saturated rings. The quantitative estimate of drug-likeness (QED) is 0.826. The molecule has 1 unspecified atom stereocenters. The summed E-state index contributed by atoms with van der Waals surface area (Å²) < 4.78 is 0. The van der Waals surface area contributed by atoms with E-state index in [9.17, 15) is 4.79 Å². The molecule has 0 aliphatic carbocycles. The van der Waals surface area contributed by atoms with Gasteiger partial charge in [0.05, 0.1) is 0 Å². The van der Waals surface area contributed by atoms with Gasteiger partial charge in [-0.1, -0.05) is 18.2 Å². The molecule has 1 N–H and O–H groups in total. The van der Waals surface area contributed by atoms with Crippen LogP contribution in [-0.4, -0.2) is 29.9 Å². The number of hydrogen-bond acceptors (Lipinski definition) is 2. The lowest BCUT2D eigenvalue weighted by atomic mass is 10.2. The van der Waals surface area contributed by atoms with Crippen molar-refractivity contribution in [1.82, 2.24) is 4.90 Å². The van der Waals surface area contributed by atoms with E-state index in [0.717, 1.165) is 18.8 Å². The van der Waals surface area contributed by atoms with E-state index in [0.29, 0.717) is 0 Å². The Morgan fingerprint density at radius 2 is 1.81 bits per heavy atom. The van der Waals surface area contributed by atoms with Crippen LogP contribution in [0.2, 0.25) is 0 Å². The van der Waals surface area contributed by atoms with E-state index in [1.807, 2.05) is 56.0 Å². The molecule has 0 saturated heterocycles. The average Bonchev–Trinajstić information content (AvgIpc) is 2.31. The first-order chi connectivity index (χ1) is 7.69. The van der Waals surface area contributed by atoms with Gasteiger partial charge in [-0.3, -0.25) is 4.79 Å². The predicted molar refractivity (Wildman–Crippen MR) is 67.5 cm³/mol. The van der Waals surface area contributed by atoms with Crippen LogP contribution in [0, 0.1) is 0 Å². The fourth-order valence-corrected chi connectivity index (χ4v) is 1.66. The summed E-state index contributed by atoms with van der Waals surface area (Å²) in [6.45, 7) is 7.41. The first-order valence-corrected chi connectivity index (χ1v) is 5.79. The molecule has 0 aliphatic rings. The molecule has 0 aromatic heterocycles. The molecular formula is C13H20N2O. The molecule has 16 heavy (non-hydrogen) atoms. The fraction of sp³-hybridized carbons (Fsp3) is 0.462.